The van der Waals surface area contributed by atoms with Gasteiger partial charge in [-0.15, -0.1) is 0 Å². The number of ether oxygens (including phenoxy) is 1. The second kappa shape index (κ2) is 8.69. The lowest BCUT2D eigenvalue weighted by molar-refractivity contribution is -0.137. The van der Waals surface area contributed by atoms with Crippen LogP contribution in [0.15, 0.2) is 43.2 Å². The number of hydrogen-bond donors (Lipinski definition) is 0. The van der Waals surface area contributed by atoms with Crippen LogP contribution in [0, 0.1) is 0 Å². The molecular weight excluding hydrogens is 395 g/mol. The van der Waals surface area contributed by atoms with Crippen LogP contribution in [-0.2, 0) is 17.5 Å². The van der Waals surface area contributed by atoms with Crippen LogP contribution in [0.1, 0.15) is 11.1 Å². The molecule has 0 amide bonds. The summed E-state index contributed by atoms with van der Waals surface area (Å²) in [6, 6.07) is 8.45. The van der Waals surface area contributed by atoms with E-state index in [1.165, 1.54) is 15.9 Å². The predicted octanol–water partition coefficient (Wildman–Crippen LogP) is 2.98. The third-order valence-electron chi connectivity index (χ3n) is 5.65. The Morgan fingerprint density at radius 2 is 1.73 bits per heavy atom. The molecule has 4 rings (SSSR count). The van der Waals surface area contributed by atoms with E-state index in [0.29, 0.717) is 18.9 Å². The molecule has 3 heterocycles. The van der Waals surface area contributed by atoms with Crippen LogP contribution in [0.2, 0.25) is 0 Å². The van der Waals surface area contributed by atoms with Gasteiger partial charge in [0.1, 0.15) is 5.82 Å². The van der Waals surface area contributed by atoms with Gasteiger partial charge in [0, 0.05) is 57.7 Å². The number of anilines is 1. The number of aromatic nitrogens is 2. The van der Waals surface area contributed by atoms with Crippen molar-refractivity contribution in [3.05, 3.63) is 54.4 Å². The maximum atomic E-state index is 12.8. The van der Waals surface area contributed by atoms with E-state index >= 15 is 0 Å². The van der Waals surface area contributed by atoms with Gasteiger partial charge in [-0.25, -0.2) is 4.68 Å². The average molecular weight is 421 g/mol. The number of benzene rings is 1. The monoisotopic (exact) mass is 421 g/mol. The van der Waals surface area contributed by atoms with Gasteiger partial charge >= 0.3 is 6.18 Å². The molecule has 6 nitrogen and oxygen atoms in total. The van der Waals surface area contributed by atoms with Crippen LogP contribution in [0.25, 0.3) is 5.82 Å². The Morgan fingerprint density at radius 3 is 2.40 bits per heavy atom. The van der Waals surface area contributed by atoms with E-state index in [4.69, 9.17) is 4.74 Å². The Balaban J connectivity index is 1.35. The minimum Gasteiger partial charge on any atom is -0.378 e. The number of rotatable bonds is 5. The van der Waals surface area contributed by atoms with Gasteiger partial charge in [0.25, 0.3) is 0 Å². The Morgan fingerprint density at radius 1 is 1.03 bits per heavy atom. The fourth-order valence-electron chi connectivity index (χ4n) is 3.92. The predicted molar refractivity (Wildman–Crippen MR) is 109 cm³/mol. The Labute approximate surface area is 174 Å². The van der Waals surface area contributed by atoms with Gasteiger partial charge in [-0.3, -0.25) is 4.90 Å². The van der Waals surface area contributed by atoms with E-state index in [1.807, 2.05) is 4.90 Å². The van der Waals surface area contributed by atoms with Crippen molar-refractivity contribution in [2.24, 2.45) is 0 Å². The van der Waals surface area contributed by atoms with Crippen molar-refractivity contribution in [2.45, 2.75) is 12.7 Å². The van der Waals surface area contributed by atoms with Crippen LogP contribution >= 0.6 is 0 Å². The van der Waals surface area contributed by atoms with E-state index in [1.54, 1.807) is 0 Å². The third-order valence-corrected chi connectivity index (χ3v) is 5.65. The van der Waals surface area contributed by atoms with Crippen LogP contribution in [-0.4, -0.2) is 72.1 Å². The quantitative estimate of drug-likeness (QED) is 0.742. The number of halogens is 3. The summed E-state index contributed by atoms with van der Waals surface area (Å²) in [7, 11) is 0. The molecule has 0 N–H and O–H groups in total. The molecule has 2 saturated heterocycles. The van der Waals surface area contributed by atoms with Gasteiger partial charge < -0.3 is 14.5 Å². The lowest BCUT2D eigenvalue weighted by Crippen LogP contribution is -2.45. The van der Waals surface area contributed by atoms with Gasteiger partial charge in [-0.1, -0.05) is 24.8 Å². The first-order valence-corrected chi connectivity index (χ1v) is 10.1. The van der Waals surface area contributed by atoms with Crippen LogP contribution in [0.3, 0.4) is 0 Å². The first kappa shape index (κ1) is 20.7. The lowest BCUT2D eigenvalue weighted by Gasteiger charge is -2.37. The summed E-state index contributed by atoms with van der Waals surface area (Å²) >= 11 is 0. The molecular formula is C21H26F3N5O. The normalized spacial score (nSPS) is 18.6. The molecule has 0 unspecified atom stereocenters. The Hall–Kier alpha value is -2.52. The van der Waals surface area contributed by atoms with Crippen LogP contribution in [0.5, 0.6) is 0 Å². The topological polar surface area (TPSA) is 36.8 Å². The van der Waals surface area contributed by atoms with Gasteiger partial charge in [0.2, 0.25) is 0 Å². The zero-order chi connectivity index (χ0) is 21.1. The Bertz CT molecular complexity index is 868. The highest BCUT2D eigenvalue weighted by Crippen LogP contribution is 2.29. The number of para-hydroxylation sites is 1. The minimum absolute atomic E-state index is 0.471. The first-order chi connectivity index (χ1) is 14.4. The van der Waals surface area contributed by atoms with Gasteiger partial charge in [-0.2, -0.15) is 18.3 Å². The van der Waals surface area contributed by atoms with E-state index in [-0.39, 0.29) is 0 Å². The van der Waals surface area contributed by atoms with Gasteiger partial charge in [0.15, 0.2) is 0 Å². The standard InChI is InChI=1S/C21H26F3N5O/c1-17(29-16-19(14-25-29)21(22,23)24)27-8-6-26(7-9-27)15-18-4-2-3-5-20(18)28-10-12-30-13-11-28/h2-5,14,16H,1,6-13,15H2. The van der Waals surface area contributed by atoms with Crippen LogP contribution in [0.4, 0.5) is 18.9 Å². The van der Waals surface area contributed by atoms with Crippen molar-refractivity contribution < 1.29 is 17.9 Å². The minimum atomic E-state index is -4.40. The average Bonchev–Trinajstić information content (AvgIpc) is 3.26. The van der Waals surface area contributed by atoms with E-state index in [2.05, 4.69) is 45.7 Å². The second-order valence-electron chi connectivity index (χ2n) is 7.58. The molecule has 9 heteroatoms. The van der Waals surface area contributed by atoms with Gasteiger partial charge in [-0.05, 0) is 11.6 Å². The molecule has 0 aliphatic carbocycles. The van der Waals surface area contributed by atoms with Crippen molar-refractivity contribution in [2.75, 3.05) is 57.4 Å². The summed E-state index contributed by atoms with van der Waals surface area (Å²) < 4.78 is 45.1. The molecule has 2 aliphatic heterocycles. The number of morpholine rings is 1. The SMILES string of the molecule is C=C(N1CCN(Cc2ccccc2N2CCOCC2)CC1)n1cc(C(F)(F)F)cn1. The maximum absolute atomic E-state index is 12.8. The van der Waals surface area contributed by atoms with Crippen LogP contribution < -0.4 is 4.90 Å². The number of hydrogen-bond acceptors (Lipinski definition) is 5. The summed E-state index contributed by atoms with van der Waals surface area (Å²) in [6.07, 6.45) is -2.57. The first-order valence-electron chi connectivity index (χ1n) is 10.1. The lowest BCUT2D eigenvalue weighted by atomic mass is 10.1. The smallest absolute Gasteiger partial charge is 0.378 e. The molecule has 0 saturated carbocycles. The largest absolute Gasteiger partial charge is 0.419 e. The molecule has 30 heavy (non-hydrogen) atoms. The fourth-order valence-corrected chi connectivity index (χ4v) is 3.92. The summed E-state index contributed by atoms with van der Waals surface area (Å²) in [6.45, 7) is 11.1. The summed E-state index contributed by atoms with van der Waals surface area (Å²) in [4.78, 5) is 6.72. The molecule has 2 fully saturated rings. The van der Waals surface area contributed by atoms with E-state index in [9.17, 15) is 13.2 Å². The van der Waals surface area contributed by atoms with Crippen molar-refractivity contribution in [1.29, 1.82) is 0 Å². The molecule has 0 spiro atoms. The zero-order valence-electron chi connectivity index (χ0n) is 16.8. The van der Waals surface area contributed by atoms with Crippen molar-refractivity contribution >= 4 is 11.5 Å². The number of alkyl halides is 3. The second-order valence-corrected chi connectivity index (χ2v) is 7.58. The summed E-state index contributed by atoms with van der Waals surface area (Å²) in [5, 5.41) is 3.83. The Kier molecular flexibility index (Phi) is 6.01. The molecule has 1 aromatic heterocycles. The third kappa shape index (κ3) is 4.62. The highest BCUT2D eigenvalue weighted by atomic mass is 19.4. The zero-order valence-corrected chi connectivity index (χ0v) is 16.8. The molecule has 0 radical (unpaired) electrons. The van der Waals surface area contributed by atoms with Crippen molar-refractivity contribution in [3.63, 3.8) is 0 Å². The summed E-state index contributed by atoms with van der Waals surface area (Å²) in [5.41, 5.74) is 1.78. The maximum Gasteiger partial charge on any atom is 0.419 e. The van der Waals surface area contributed by atoms with Crippen molar-refractivity contribution in [3.8, 4) is 0 Å². The highest BCUT2D eigenvalue weighted by molar-refractivity contribution is 5.54. The van der Waals surface area contributed by atoms with E-state index < -0.39 is 11.7 Å². The summed E-state index contributed by atoms with van der Waals surface area (Å²) in [5.74, 6) is 0.471. The molecule has 2 aromatic rings. The molecule has 2 aliphatic rings. The highest BCUT2D eigenvalue weighted by Gasteiger charge is 2.33. The molecule has 162 valence electrons. The molecule has 0 atom stereocenters. The van der Waals surface area contributed by atoms with Crippen molar-refractivity contribution in [1.82, 2.24) is 19.6 Å². The molecule has 1 aromatic carbocycles. The fraction of sp³-hybridized carbons (Fsp3) is 0.476. The number of nitrogens with zero attached hydrogens (tertiary/aromatic N) is 5. The van der Waals surface area contributed by atoms with Gasteiger partial charge in [0.05, 0.1) is 25.0 Å². The molecule has 0 bridgehead atoms. The van der Waals surface area contributed by atoms with E-state index in [0.717, 1.165) is 58.3 Å². The number of piperazine rings is 1.